The second-order valence-corrected chi connectivity index (χ2v) is 3.87. The van der Waals surface area contributed by atoms with E-state index in [0.29, 0.717) is 12.3 Å². The first-order valence-electron chi connectivity index (χ1n) is 4.69. The van der Waals surface area contributed by atoms with Crippen molar-refractivity contribution in [1.29, 1.82) is 0 Å². The van der Waals surface area contributed by atoms with Crippen LogP contribution in [0.3, 0.4) is 0 Å². The number of nitrogens with zero attached hydrogens (tertiary/aromatic N) is 2. The molecule has 1 aromatic carbocycles. The summed E-state index contributed by atoms with van der Waals surface area (Å²) in [6.45, 7) is 4.17. The highest BCUT2D eigenvalue weighted by molar-refractivity contribution is 6.27. The molecule has 15 heavy (non-hydrogen) atoms. The molecule has 3 nitrogen and oxygen atoms in total. The van der Waals surface area contributed by atoms with E-state index < -0.39 is 0 Å². The van der Waals surface area contributed by atoms with Crippen LogP contribution in [0.2, 0.25) is 5.35 Å². The third kappa shape index (κ3) is 2.36. The minimum absolute atomic E-state index is 0.0915. The van der Waals surface area contributed by atoms with Gasteiger partial charge in [-0.2, -0.15) is 0 Å². The van der Waals surface area contributed by atoms with Crippen LogP contribution in [-0.2, 0) is 6.42 Å². The van der Waals surface area contributed by atoms with Crippen molar-refractivity contribution >= 4 is 11.6 Å². The summed E-state index contributed by atoms with van der Waals surface area (Å²) in [5, 5.41) is 7.51. The summed E-state index contributed by atoms with van der Waals surface area (Å²) < 4.78 is 5.10. The minimum Gasteiger partial charge on any atom is -0.412 e. The van der Waals surface area contributed by atoms with Crippen molar-refractivity contribution in [1.82, 2.24) is 10.2 Å². The van der Waals surface area contributed by atoms with Gasteiger partial charge in [-0.15, -0.1) is 5.10 Å². The Balaban J connectivity index is 2.21. The Hall–Kier alpha value is -1.35. The van der Waals surface area contributed by atoms with E-state index in [4.69, 9.17) is 16.0 Å². The van der Waals surface area contributed by atoms with Crippen LogP contribution in [0.15, 0.2) is 22.6 Å². The molecule has 0 fully saturated rings. The molecule has 0 amide bonds. The van der Waals surface area contributed by atoms with Gasteiger partial charge in [0.2, 0.25) is 5.89 Å². The first kappa shape index (κ1) is 10.2. The molecule has 0 radical (unpaired) electrons. The SMILES string of the molecule is Cc1ccc(Cc2nnc(Cl)o2)cc1C. The summed E-state index contributed by atoms with van der Waals surface area (Å²) in [5.74, 6) is 0.545. The third-order valence-electron chi connectivity index (χ3n) is 2.37. The molecular weight excluding hydrogens is 212 g/mol. The van der Waals surface area contributed by atoms with Crippen molar-refractivity contribution in [3.05, 3.63) is 46.1 Å². The monoisotopic (exact) mass is 222 g/mol. The van der Waals surface area contributed by atoms with Crippen molar-refractivity contribution in [2.45, 2.75) is 20.3 Å². The summed E-state index contributed by atoms with van der Waals surface area (Å²) in [7, 11) is 0. The Morgan fingerprint density at radius 1 is 1.20 bits per heavy atom. The van der Waals surface area contributed by atoms with E-state index in [1.165, 1.54) is 11.1 Å². The maximum atomic E-state index is 5.54. The highest BCUT2D eigenvalue weighted by atomic mass is 35.5. The van der Waals surface area contributed by atoms with Crippen LogP contribution in [0.25, 0.3) is 0 Å². The van der Waals surface area contributed by atoms with Gasteiger partial charge in [0.05, 0.1) is 6.42 Å². The third-order valence-corrected chi connectivity index (χ3v) is 2.52. The standard InChI is InChI=1S/C11H11ClN2O/c1-7-3-4-9(5-8(7)2)6-10-13-14-11(12)15-10/h3-5H,6H2,1-2H3. The van der Waals surface area contributed by atoms with E-state index in [2.05, 4.69) is 42.2 Å². The summed E-state index contributed by atoms with van der Waals surface area (Å²) in [4.78, 5) is 0. The molecular formula is C11H11ClN2O. The second kappa shape index (κ2) is 4.03. The molecule has 2 rings (SSSR count). The van der Waals surface area contributed by atoms with Crippen molar-refractivity contribution < 1.29 is 4.42 Å². The van der Waals surface area contributed by atoms with E-state index >= 15 is 0 Å². The van der Waals surface area contributed by atoms with Gasteiger partial charge in [0.15, 0.2) is 0 Å². The quantitative estimate of drug-likeness (QED) is 0.784. The average Bonchev–Trinajstić information content (AvgIpc) is 2.58. The van der Waals surface area contributed by atoms with Crippen LogP contribution in [-0.4, -0.2) is 10.2 Å². The lowest BCUT2D eigenvalue weighted by Gasteiger charge is -2.02. The van der Waals surface area contributed by atoms with Gasteiger partial charge in [0, 0.05) is 0 Å². The fraction of sp³-hybridized carbons (Fsp3) is 0.273. The number of aryl methyl sites for hydroxylation is 2. The molecule has 0 bridgehead atoms. The van der Waals surface area contributed by atoms with Crippen LogP contribution < -0.4 is 0 Å². The maximum absolute atomic E-state index is 5.54. The van der Waals surface area contributed by atoms with Gasteiger partial charge < -0.3 is 4.42 Å². The molecule has 0 spiro atoms. The van der Waals surface area contributed by atoms with Crippen LogP contribution in [0.5, 0.6) is 0 Å². The molecule has 1 aromatic heterocycles. The number of aromatic nitrogens is 2. The normalized spacial score (nSPS) is 10.6. The largest absolute Gasteiger partial charge is 0.412 e. The molecule has 1 heterocycles. The summed E-state index contributed by atoms with van der Waals surface area (Å²) in [6, 6.07) is 6.26. The van der Waals surface area contributed by atoms with Crippen molar-refractivity contribution in [3.63, 3.8) is 0 Å². The van der Waals surface area contributed by atoms with E-state index in [-0.39, 0.29) is 5.35 Å². The molecule has 0 atom stereocenters. The summed E-state index contributed by atoms with van der Waals surface area (Å²) in [6.07, 6.45) is 0.626. The van der Waals surface area contributed by atoms with Gasteiger partial charge in [0.1, 0.15) is 0 Å². The van der Waals surface area contributed by atoms with Gasteiger partial charge in [-0.3, -0.25) is 0 Å². The van der Waals surface area contributed by atoms with E-state index in [1.54, 1.807) is 0 Å². The summed E-state index contributed by atoms with van der Waals surface area (Å²) >= 11 is 5.54. The molecule has 0 aliphatic heterocycles. The average molecular weight is 223 g/mol. The highest BCUT2D eigenvalue weighted by Gasteiger charge is 2.05. The van der Waals surface area contributed by atoms with Crippen molar-refractivity contribution in [3.8, 4) is 0 Å². The fourth-order valence-electron chi connectivity index (χ4n) is 1.39. The van der Waals surface area contributed by atoms with Crippen LogP contribution in [0, 0.1) is 13.8 Å². The second-order valence-electron chi connectivity index (χ2n) is 3.54. The molecule has 78 valence electrons. The van der Waals surface area contributed by atoms with E-state index in [1.807, 2.05) is 0 Å². The van der Waals surface area contributed by atoms with Gasteiger partial charge in [-0.25, -0.2) is 0 Å². The molecule has 0 N–H and O–H groups in total. The van der Waals surface area contributed by atoms with Gasteiger partial charge >= 0.3 is 5.35 Å². The Morgan fingerprint density at radius 3 is 2.60 bits per heavy atom. The number of hydrogen-bond acceptors (Lipinski definition) is 3. The van der Waals surface area contributed by atoms with E-state index in [0.717, 1.165) is 5.56 Å². The molecule has 4 heteroatoms. The summed E-state index contributed by atoms with van der Waals surface area (Å²) in [5.41, 5.74) is 3.69. The molecule has 0 unspecified atom stereocenters. The van der Waals surface area contributed by atoms with Crippen molar-refractivity contribution in [2.75, 3.05) is 0 Å². The lowest BCUT2D eigenvalue weighted by Crippen LogP contribution is -1.90. The first-order chi connectivity index (χ1) is 7.15. The van der Waals surface area contributed by atoms with Crippen molar-refractivity contribution in [2.24, 2.45) is 0 Å². The number of hydrogen-bond donors (Lipinski definition) is 0. The maximum Gasteiger partial charge on any atom is 0.312 e. The van der Waals surface area contributed by atoms with Gasteiger partial charge in [-0.05, 0) is 42.1 Å². The number of benzene rings is 1. The Bertz CT molecular complexity index is 479. The molecule has 0 saturated carbocycles. The zero-order valence-electron chi connectivity index (χ0n) is 8.62. The smallest absolute Gasteiger partial charge is 0.312 e. The first-order valence-corrected chi connectivity index (χ1v) is 5.07. The Labute approximate surface area is 93.1 Å². The fourth-order valence-corrected chi connectivity index (χ4v) is 1.52. The molecule has 0 saturated heterocycles. The van der Waals surface area contributed by atoms with Gasteiger partial charge in [0.25, 0.3) is 0 Å². The predicted octanol–water partition coefficient (Wildman–Crippen LogP) is 2.93. The topological polar surface area (TPSA) is 38.9 Å². The predicted molar refractivity (Wildman–Crippen MR) is 58.0 cm³/mol. The lowest BCUT2D eigenvalue weighted by atomic mass is 10.0. The number of rotatable bonds is 2. The van der Waals surface area contributed by atoms with Gasteiger partial charge in [-0.1, -0.05) is 23.3 Å². The lowest BCUT2D eigenvalue weighted by molar-refractivity contribution is 0.506. The molecule has 0 aliphatic carbocycles. The van der Waals surface area contributed by atoms with Crippen LogP contribution in [0.4, 0.5) is 0 Å². The minimum atomic E-state index is 0.0915. The number of halogens is 1. The molecule has 0 aliphatic rings. The molecule has 2 aromatic rings. The zero-order chi connectivity index (χ0) is 10.8. The zero-order valence-corrected chi connectivity index (χ0v) is 9.38. The highest BCUT2D eigenvalue weighted by Crippen LogP contribution is 2.14. The Kier molecular flexibility index (Phi) is 2.73. The van der Waals surface area contributed by atoms with E-state index in [9.17, 15) is 0 Å². The van der Waals surface area contributed by atoms with Crippen LogP contribution in [0.1, 0.15) is 22.6 Å². The Morgan fingerprint density at radius 2 is 2.00 bits per heavy atom. The van der Waals surface area contributed by atoms with Crippen LogP contribution >= 0.6 is 11.6 Å².